The van der Waals surface area contributed by atoms with E-state index >= 15 is 0 Å². The summed E-state index contributed by atoms with van der Waals surface area (Å²) < 4.78 is 25.3. The number of likely N-dealkylation sites (tertiary alicyclic amines) is 1. The highest BCUT2D eigenvalue weighted by Gasteiger charge is 2.27. The highest BCUT2D eigenvalue weighted by atomic mass is 32.2. The number of fused-ring (bicyclic) bond motifs is 2. The zero-order valence-electron chi connectivity index (χ0n) is 20.3. The molecule has 186 valence electrons. The monoisotopic (exact) mass is 496 g/mol. The number of likely N-dealkylation sites (N-methyl/N-ethyl adjacent to an activating group) is 1. The molecule has 0 aliphatic carbocycles. The number of carbonyl (C=O) groups excluding carboxylic acids is 1. The number of nitrogens with zero attached hydrogens (tertiary/aromatic N) is 3. The lowest BCUT2D eigenvalue weighted by molar-refractivity contribution is 0.0934. The van der Waals surface area contributed by atoms with E-state index in [1.807, 2.05) is 25.2 Å². The van der Waals surface area contributed by atoms with E-state index in [-0.39, 0.29) is 29.7 Å². The first-order valence-corrected chi connectivity index (χ1v) is 13.8. The quantitative estimate of drug-likeness (QED) is 0.480. The van der Waals surface area contributed by atoms with Crippen LogP contribution in [0.15, 0.2) is 35.5 Å². The number of rotatable bonds is 6. The molecule has 0 bridgehead atoms. The van der Waals surface area contributed by atoms with Crippen LogP contribution in [0.4, 0.5) is 5.82 Å². The molecule has 1 amide bonds. The largest absolute Gasteiger partial charge is 0.362 e. The molecule has 0 saturated carbocycles. The second-order valence-corrected chi connectivity index (χ2v) is 12.1. The molecule has 2 atom stereocenters. The number of anilines is 1. The van der Waals surface area contributed by atoms with Crippen LogP contribution in [0.5, 0.6) is 0 Å². The summed E-state index contributed by atoms with van der Waals surface area (Å²) in [4.78, 5) is 27.4. The van der Waals surface area contributed by atoms with Crippen LogP contribution in [0.2, 0.25) is 0 Å². The summed E-state index contributed by atoms with van der Waals surface area (Å²) in [6.07, 6.45) is 3.85. The van der Waals surface area contributed by atoms with Crippen LogP contribution in [0.3, 0.4) is 0 Å². The average Bonchev–Trinajstić information content (AvgIpc) is 3.43. The molecular formula is C25H32N6O3S. The van der Waals surface area contributed by atoms with E-state index < -0.39 is 9.84 Å². The van der Waals surface area contributed by atoms with Gasteiger partial charge in [0.2, 0.25) is 0 Å². The molecular weight excluding hydrogens is 464 g/mol. The first kappa shape index (κ1) is 23.7. The van der Waals surface area contributed by atoms with Crippen molar-refractivity contribution in [2.75, 3.05) is 31.2 Å². The number of amides is 1. The number of H-pyrrole nitrogens is 1. The Labute approximate surface area is 205 Å². The maximum atomic E-state index is 12.9. The number of benzene rings is 1. The zero-order valence-corrected chi connectivity index (χ0v) is 21.2. The van der Waals surface area contributed by atoms with Gasteiger partial charge in [0, 0.05) is 12.6 Å². The molecule has 0 unspecified atom stereocenters. The third-order valence-electron chi connectivity index (χ3n) is 7.00. The van der Waals surface area contributed by atoms with Crippen LogP contribution in [0, 0.1) is 5.92 Å². The Morgan fingerprint density at radius 1 is 1.23 bits per heavy atom. The fourth-order valence-electron chi connectivity index (χ4n) is 5.10. The number of sulfone groups is 1. The van der Waals surface area contributed by atoms with E-state index in [2.05, 4.69) is 44.3 Å². The summed E-state index contributed by atoms with van der Waals surface area (Å²) in [5.41, 5.74) is 2.81. The van der Waals surface area contributed by atoms with Gasteiger partial charge in [0.05, 0.1) is 22.1 Å². The van der Waals surface area contributed by atoms with Gasteiger partial charge in [-0.2, -0.15) is 0 Å². The summed E-state index contributed by atoms with van der Waals surface area (Å²) in [7, 11) is -1.21. The first-order valence-electron chi connectivity index (χ1n) is 12.2. The van der Waals surface area contributed by atoms with E-state index in [1.54, 1.807) is 6.07 Å². The lowest BCUT2D eigenvalue weighted by Gasteiger charge is -2.26. The molecule has 35 heavy (non-hydrogen) atoms. The van der Waals surface area contributed by atoms with E-state index in [9.17, 15) is 13.2 Å². The lowest BCUT2D eigenvalue weighted by Crippen LogP contribution is -2.36. The smallest absolute Gasteiger partial charge is 0.268 e. The summed E-state index contributed by atoms with van der Waals surface area (Å²) in [6, 6.07) is 7.50. The van der Waals surface area contributed by atoms with Gasteiger partial charge in [-0.1, -0.05) is 26.0 Å². The Hall–Kier alpha value is -2.98. The molecule has 1 fully saturated rings. The van der Waals surface area contributed by atoms with Gasteiger partial charge in [-0.05, 0) is 62.0 Å². The average molecular weight is 497 g/mol. The van der Waals surface area contributed by atoms with Crippen LogP contribution in [0.25, 0.3) is 11.0 Å². The number of aryl methyl sites for hydroxylation is 1. The zero-order chi connectivity index (χ0) is 24.7. The molecule has 1 aromatic carbocycles. The highest BCUT2D eigenvalue weighted by molar-refractivity contribution is 7.91. The summed E-state index contributed by atoms with van der Waals surface area (Å²) >= 11 is 0. The van der Waals surface area contributed by atoms with Crippen molar-refractivity contribution in [3.05, 3.63) is 47.4 Å². The Bertz CT molecular complexity index is 1370. The maximum absolute atomic E-state index is 12.9. The second kappa shape index (κ2) is 9.23. The van der Waals surface area contributed by atoms with Crippen molar-refractivity contribution in [3.63, 3.8) is 0 Å². The Kier molecular flexibility index (Phi) is 6.27. The van der Waals surface area contributed by atoms with Gasteiger partial charge in [-0.3, -0.25) is 4.79 Å². The molecule has 5 rings (SSSR count). The molecule has 2 aliphatic heterocycles. The Morgan fingerprint density at radius 3 is 2.80 bits per heavy atom. The van der Waals surface area contributed by atoms with Crippen LogP contribution >= 0.6 is 0 Å². The Balaban J connectivity index is 1.43. The molecule has 10 heteroatoms. The molecule has 3 aromatic rings. The summed E-state index contributed by atoms with van der Waals surface area (Å²) in [5, 5.41) is 7.31. The Morgan fingerprint density at radius 2 is 2.06 bits per heavy atom. The van der Waals surface area contributed by atoms with E-state index in [0.29, 0.717) is 28.5 Å². The second-order valence-electron chi connectivity index (χ2n) is 10.0. The number of hydrogen-bond acceptors (Lipinski definition) is 7. The van der Waals surface area contributed by atoms with E-state index in [0.717, 1.165) is 42.4 Å². The normalized spacial score (nSPS) is 20.6. The van der Waals surface area contributed by atoms with E-state index in [1.165, 1.54) is 6.33 Å². The van der Waals surface area contributed by atoms with Crippen molar-refractivity contribution < 1.29 is 13.2 Å². The van der Waals surface area contributed by atoms with Gasteiger partial charge < -0.3 is 20.5 Å². The van der Waals surface area contributed by atoms with Crippen molar-refractivity contribution in [2.24, 2.45) is 5.92 Å². The lowest BCUT2D eigenvalue weighted by atomic mass is 9.94. The topological polar surface area (TPSA) is 120 Å². The van der Waals surface area contributed by atoms with Crippen LogP contribution in [-0.4, -0.2) is 66.1 Å². The standard InChI is InChI=1S/C25H32N6O3S/c1-15(2)22(17-7-6-16-5-4-10-35(33,34)21(16)11-17)30-24-19-12-20(29-23(19)26-14-27-24)25(32)28-18-8-9-31(3)13-18/h6-7,11-12,14-15,18,22H,4-5,8-10,13H2,1-3H3,(H,28,32)(H2,26,27,29,30)/t18-,22-/m1/s1. The van der Waals surface area contributed by atoms with Gasteiger partial charge in [-0.15, -0.1) is 0 Å². The van der Waals surface area contributed by atoms with Crippen molar-refractivity contribution in [2.45, 2.75) is 50.1 Å². The van der Waals surface area contributed by atoms with Gasteiger partial charge in [0.1, 0.15) is 23.5 Å². The number of hydrogen-bond donors (Lipinski definition) is 3. The van der Waals surface area contributed by atoms with Crippen molar-refractivity contribution in [1.29, 1.82) is 0 Å². The molecule has 9 nitrogen and oxygen atoms in total. The number of nitrogens with one attached hydrogen (secondary N) is 3. The highest BCUT2D eigenvalue weighted by Crippen LogP contribution is 2.33. The predicted octanol–water partition coefficient (Wildman–Crippen LogP) is 2.92. The SMILES string of the molecule is CC(C)[C@@H](Nc1ncnc2[nH]c(C(=O)N[C@@H]3CCN(C)C3)cc12)c1ccc2c(c1)S(=O)(=O)CCC2. The van der Waals surface area contributed by atoms with Crippen LogP contribution in [-0.2, 0) is 16.3 Å². The number of aromatic nitrogens is 3. The van der Waals surface area contributed by atoms with E-state index in [4.69, 9.17) is 0 Å². The first-order chi connectivity index (χ1) is 16.7. The summed E-state index contributed by atoms with van der Waals surface area (Å²) in [6.45, 7) is 5.97. The summed E-state index contributed by atoms with van der Waals surface area (Å²) in [5.74, 6) is 0.798. The maximum Gasteiger partial charge on any atom is 0.268 e. The minimum atomic E-state index is -3.26. The molecule has 0 spiro atoms. The van der Waals surface area contributed by atoms with Gasteiger partial charge in [-0.25, -0.2) is 18.4 Å². The molecule has 2 aliphatic rings. The van der Waals surface area contributed by atoms with Crippen molar-refractivity contribution in [3.8, 4) is 0 Å². The number of aromatic amines is 1. The molecule has 2 aromatic heterocycles. The van der Waals surface area contributed by atoms with Crippen LogP contribution < -0.4 is 10.6 Å². The third-order valence-corrected chi connectivity index (χ3v) is 8.88. The molecule has 3 N–H and O–H groups in total. The van der Waals surface area contributed by atoms with Crippen LogP contribution in [0.1, 0.15) is 54.3 Å². The third kappa shape index (κ3) is 4.77. The fourth-order valence-corrected chi connectivity index (χ4v) is 6.73. The number of carbonyl (C=O) groups is 1. The van der Waals surface area contributed by atoms with Crippen molar-refractivity contribution in [1.82, 2.24) is 25.2 Å². The molecule has 4 heterocycles. The molecule has 1 saturated heterocycles. The molecule has 0 radical (unpaired) electrons. The van der Waals surface area contributed by atoms with Crippen molar-refractivity contribution >= 4 is 32.6 Å². The minimum absolute atomic E-state index is 0.133. The predicted molar refractivity (Wildman–Crippen MR) is 135 cm³/mol. The van der Waals surface area contributed by atoms with Gasteiger partial charge in [0.25, 0.3) is 5.91 Å². The van der Waals surface area contributed by atoms with Gasteiger partial charge >= 0.3 is 0 Å². The fraction of sp³-hybridized carbons (Fsp3) is 0.480. The van der Waals surface area contributed by atoms with Gasteiger partial charge in [0.15, 0.2) is 9.84 Å². The minimum Gasteiger partial charge on any atom is -0.362 e.